The minimum Gasteiger partial charge on any atom is -0.354 e. The molecule has 0 radical (unpaired) electrons. The van der Waals surface area contributed by atoms with Crippen LogP contribution in [0.3, 0.4) is 0 Å². The Morgan fingerprint density at radius 3 is 2.21 bits per heavy atom. The van der Waals surface area contributed by atoms with Gasteiger partial charge in [-0.1, -0.05) is 17.7 Å². The predicted molar refractivity (Wildman–Crippen MR) is 120 cm³/mol. The van der Waals surface area contributed by atoms with Gasteiger partial charge in [0.05, 0.1) is 10.6 Å². The summed E-state index contributed by atoms with van der Waals surface area (Å²) in [5.41, 5.74) is 1.48. The van der Waals surface area contributed by atoms with Gasteiger partial charge in [0.2, 0.25) is 5.91 Å². The first-order valence-electron chi connectivity index (χ1n) is 9.39. The first-order chi connectivity index (χ1) is 13.7. The standard InChI is InChI=1S/C21H29N3O3S2/c1-17-6-8-18(9-7-17)24(16-21(25)22-14-5-15-23(2)3)29(26,27)20-12-10-19(28-4)11-13-20/h6-13H,5,14-16H2,1-4H3,(H,22,25). The lowest BCUT2D eigenvalue weighted by Crippen LogP contribution is -2.41. The number of hydrogen-bond donors (Lipinski definition) is 1. The highest BCUT2D eigenvalue weighted by Gasteiger charge is 2.27. The molecule has 2 aromatic carbocycles. The Bertz CT molecular complexity index is 896. The quantitative estimate of drug-likeness (QED) is 0.459. The van der Waals surface area contributed by atoms with Gasteiger partial charge in [-0.3, -0.25) is 9.10 Å². The number of carbonyl (C=O) groups excluding carboxylic acids is 1. The first-order valence-corrected chi connectivity index (χ1v) is 12.1. The van der Waals surface area contributed by atoms with Crippen molar-refractivity contribution in [3.63, 3.8) is 0 Å². The second kappa shape index (κ2) is 10.7. The topological polar surface area (TPSA) is 69.7 Å². The highest BCUT2D eigenvalue weighted by Crippen LogP contribution is 2.25. The van der Waals surface area contributed by atoms with Crippen LogP contribution in [0.25, 0.3) is 0 Å². The Morgan fingerprint density at radius 1 is 1.03 bits per heavy atom. The van der Waals surface area contributed by atoms with Crippen LogP contribution in [0.15, 0.2) is 58.3 Å². The van der Waals surface area contributed by atoms with Crippen molar-refractivity contribution in [2.45, 2.75) is 23.1 Å². The lowest BCUT2D eigenvalue weighted by Gasteiger charge is -2.24. The summed E-state index contributed by atoms with van der Waals surface area (Å²) in [6, 6.07) is 13.8. The number of nitrogens with one attached hydrogen (secondary N) is 1. The minimum absolute atomic E-state index is 0.163. The molecule has 2 rings (SSSR count). The average molecular weight is 436 g/mol. The fraction of sp³-hybridized carbons (Fsp3) is 0.381. The number of thioether (sulfide) groups is 1. The number of rotatable bonds is 10. The molecule has 0 saturated heterocycles. The van der Waals surface area contributed by atoms with E-state index >= 15 is 0 Å². The van der Waals surface area contributed by atoms with E-state index in [-0.39, 0.29) is 17.3 Å². The molecule has 0 aromatic heterocycles. The van der Waals surface area contributed by atoms with E-state index in [9.17, 15) is 13.2 Å². The molecule has 158 valence electrons. The normalized spacial score (nSPS) is 11.5. The molecule has 0 bridgehead atoms. The number of amides is 1. The Balaban J connectivity index is 2.24. The fourth-order valence-corrected chi connectivity index (χ4v) is 4.54. The van der Waals surface area contributed by atoms with Crippen molar-refractivity contribution in [2.75, 3.05) is 44.3 Å². The summed E-state index contributed by atoms with van der Waals surface area (Å²) in [4.78, 5) is 15.7. The molecule has 1 N–H and O–H groups in total. The maximum atomic E-state index is 13.3. The maximum absolute atomic E-state index is 13.3. The van der Waals surface area contributed by atoms with Crippen molar-refractivity contribution in [1.29, 1.82) is 0 Å². The van der Waals surface area contributed by atoms with Crippen molar-refractivity contribution < 1.29 is 13.2 Å². The molecule has 0 aliphatic rings. The smallest absolute Gasteiger partial charge is 0.264 e. The largest absolute Gasteiger partial charge is 0.354 e. The summed E-state index contributed by atoms with van der Waals surface area (Å²) in [5.74, 6) is -0.325. The minimum atomic E-state index is -3.88. The van der Waals surface area contributed by atoms with Crippen LogP contribution in [0.4, 0.5) is 5.69 Å². The molecule has 0 aliphatic carbocycles. The summed E-state index contributed by atoms with van der Waals surface area (Å²) in [7, 11) is 0.0602. The number of carbonyl (C=O) groups is 1. The molecule has 0 aliphatic heterocycles. The van der Waals surface area contributed by atoms with Gasteiger partial charge in [0.1, 0.15) is 6.54 Å². The zero-order chi connectivity index (χ0) is 21.4. The number of aryl methyl sites for hydroxylation is 1. The fourth-order valence-electron chi connectivity index (χ4n) is 2.71. The van der Waals surface area contributed by atoms with Crippen molar-refractivity contribution in [1.82, 2.24) is 10.2 Å². The molecule has 0 heterocycles. The van der Waals surface area contributed by atoms with E-state index in [4.69, 9.17) is 0 Å². The molecule has 29 heavy (non-hydrogen) atoms. The lowest BCUT2D eigenvalue weighted by atomic mass is 10.2. The molecule has 6 nitrogen and oxygen atoms in total. The van der Waals surface area contributed by atoms with E-state index in [1.54, 1.807) is 48.2 Å². The van der Waals surface area contributed by atoms with Gasteiger partial charge in [-0.2, -0.15) is 0 Å². The number of anilines is 1. The Labute approximate surface area is 178 Å². The zero-order valence-corrected chi connectivity index (χ0v) is 19.0. The number of benzene rings is 2. The van der Waals surface area contributed by atoms with Crippen LogP contribution in [-0.4, -0.2) is 59.2 Å². The summed E-state index contributed by atoms with van der Waals surface area (Å²) in [5, 5.41) is 2.82. The number of sulfonamides is 1. The molecule has 0 fully saturated rings. The van der Waals surface area contributed by atoms with Crippen molar-refractivity contribution in [2.24, 2.45) is 0 Å². The zero-order valence-electron chi connectivity index (χ0n) is 17.4. The lowest BCUT2D eigenvalue weighted by molar-refractivity contribution is -0.119. The van der Waals surface area contributed by atoms with E-state index in [0.29, 0.717) is 12.2 Å². The van der Waals surface area contributed by atoms with Crippen LogP contribution in [-0.2, 0) is 14.8 Å². The van der Waals surface area contributed by atoms with E-state index in [2.05, 4.69) is 5.32 Å². The highest BCUT2D eigenvalue weighted by molar-refractivity contribution is 7.98. The van der Waals surface area contributed by atoms with Crippen molar-refractivity contribution >= 4 is 33.4 Å². The SMILES string of the molecule is CSc1ccc(S(=O)(=O)N(CC(=O)NCCCN(C)C)c2ccc(C)cc2)cc1. The summed E-state index contributed by atoms with van der Waals surface area (Å²) < 4.78 is 27.8. The molecular formula is C21H29N3O3S2. The van der Waals surface area contributed by atoms with E-state index < -0.39 is 10.0 Å². The Hall–Kier alpha value is -2.03. The molecule has 0 atom stereocenters. The number of hydrogen-bond acceptors (Lipinski definition) is 5. The molecule has 2 aromatic rings. The van der Waals surface area contributed by atoms with Crippen molar-refractivity contribution in [3.05, 3.63) is 54.1 Å². The molecule has 8 heteroatoms. The molecule has 0 unspecified atom stereocenters. The van der Waals surface area contributed by atoms with Crippen molar-refractivity contribution in [3.8, 4) is 0 Å². The van der Waals surface area contributed by atoms with Gasteiger partial charge in [0.15, 0.2) is 0 Å². The third-order valence-corrected chi connectivity index (χ3v) is 6.89. The molecule has 0 saturated carbocycles. The van der Waals surface area contributed by atoms with Crippen LogP contribution in [0.1, 0.15) is 12.0 Å². The Morgan fingerprint density at radius 2 is 1.66 bits per heavy atom. The van der Waals surface area contributed by atoms with E-state index in [1.165, 1.54) is 4.31 Å². The van der Waals surface area contributed by atoms with Gasteiger partial charge in [0.25, 0.3) is 10.0 Å². The predicted octanol–water partition coefficient (Wildman–Crippen LogP) is 2.98. The van der Waals surface area contributed by atoms with Crippen LogP contribution in [0, 0.1) is 6.92 Å². The van der Waals surface area contributed by atoms with Crippen LogP contribution in [0.2, 0.25) is 0 Å². The van der Waals surface area contributed by atoms with E-state index in [0.717, 1.165) is 23.4 Å². The summed E-state index contributed by atoms with van der Waals surface area (Å²) in [6.07, 6.45) is 2.73. The third kappa shape index (κ3) is 6.76. The van der Waals surface area contributed by atoms with Gasteiger partial charge < -0.3 is 10.2 Å². The average Bonchev–Trinajstić information content (AvgIpc) is 2.70. The monoisotopic (exact) mass is 435 g/mol. The summed E-state index contributed by atoms with van der Waals surface area (Å²) in [6.45, 7) is 3.02. The van der Waals surface area contributed by atoms with Crippen LogP contribution >= 0.6 is 11.8 Å². The maximum Gasteiger partial charge on any atom is 0.264 e. The number of nitrogens with zero attached hydrogens (tertiary/aromatic N) is 2. The van der Waals surface area contributed by atoms with Gasteiger partial charge in [0, 0.05) is 11.4 Å². The van der Waals surface area contributed by atoms with Gasteiger partial charge in [-0.05, 0) is 76.6 Å². The van der Waals surface area contributed by atoms with Gasteiger partial charge >= 0.3 is 0 Å². The molecule has 1 amide bonds. The van der Waals surface area contributed by atoms with E-state index in [1.807, 2.05) is 44.3 Å². The second-order valence-electron chi connectivity index (χ2n) is 7.03. The highest BCUT2D eigenvalue weighted by atomic mass is 32.2. The summed E-state index contributed by atoms with van der Waals surface area (Å²) >= 11 is 1.54. The van der Waals surface area contributed by atoms with Gasteiger partial charge in [-0.15, -0.1) is 11.8 Å². The first kappa shape index (κ1) is 23.3. The van der Waals surface area contributed by atoms with Gasteiger partial charge in [-0.25, -0.2) is 8.42 Å². The molecular weight excluding hydrogens is 406 g/mol. The second-order valence-corrected chi connectivity index (χ2v) is 9.77. The third-order valence-electron chi connectivity index (χ3n) is 4.36. The van der Waals surface area contributed by atoms with Crippen LogP contribution in [0.5, 0.6) is 0 Å². The van der Waals surface area contributed by atoms with Crippen LogP contribution < -0.4 is 9.62 Å². The molecule has 0 spiro atoms. The Kier molecular flexibility index (Phi) is 8.55.